The third-order valence-corrected chi connectivity index (χ3v) is 8.54. The van der Waals surface area contributed by atoms with Crippen LogP contribution in [0.15, 0.2) is 24.5 Å². The van der Waals surface area contributed by atoms with Crippen LogP contribution in [0.3, 0.4) is 0 Å². The number of aromatic nitrogens is 3. The highest BCUT2D eigenvalue weighted by Gasteiger charge is 2.31. The molecule has 2 N–H and O–H groups in total. The zero-order valence-electron chi connectivity index (χ0n) is 22.0. The Balaban J connectivity index is 1.36. The van der Waals surface area contributed by atoms with E-state index < -0.39 is 0 Å². The molecule has 8 nitrogen and oxygen atoms in total. The van der Waals surface area contributed by atoms with E-state index in [0.29, 0.717) is 30.3 Å². The molecule has 2 aromatic heterocycles. The highest BCUT2D eigenvalue weighted by molar-refractivity contribution is 5.58. The quantitative estimate of drug-likeness (QED) is 0.562. The summed E-state index contributed by atoms with van der Waals surface area (Å²) < 4.78 is 13.0. The molecule has 3 fully saturated rings. The summed E-state index contributed by atoms with van der Waals surface area (Å²) in [5, 5.41) is 18.4. The van der Waals surface area contributed by atoms with Crippen LogP contribution in [0.1, 0.15) is 81.4 Å². The molecule has 0 unspecified atom stereocenters. The summed E-state index contributed by atoms with van der Waals surface area (Å²) >= 11 is 0. The molecule has 0 amide bonds. The Labute approximate surface area is 215 Å². The molecule has 3 heterocycles. The fraction of sp³-hybridized carbons (Fsp3) is 0.714. The summed E-state index contributed by atoms with van der Waals surface area (Å²) in [5.74, 6) is 2.15. The Morgan fingerprint density at radius 2 is 1.83 bits per heavy atom. The number of ether oxygens (including phenoxy) is 2. The molecule has 2 saturated carbocycles. The number of methoxy groups -OCH3 is 1. The number of aliphatic hydroxyl groups excluding tert-OH is 1. The van der Waals surface area contributed by atoms with E-state index in [1.807, 2.05) is 6.20 Å². The van der Waals surface area contributed by atoms with Crippen molar-refractivity contribution in [3.63, 3.8) is 0 Å². The normalized spacial score (nSPS) is 28.2. The van der Waals surface area contributed by atoms with E-state index in [2.05, 4.69) is 39.3 Å². The maximum atomic E-state index is 10.1. The van der Waals surface area contributed by atoms with Crippen LogP contribution in [0.2, 0.25) is 0 Å². The Morgan fingerprint density at radius 1 is 1.14 bits per heavy atom. The summed E-state index contributed by atoms with van der Waals surface area (Å²) in [6.45, 7) is 10.7. The van der Waals surface area contributed by atoms with E-state index >= 15 is 0 Å². The predicted molar refractivity (Wildman–Crippen MR) is 141 cm³/mol. The van der Waals surface area contributed by atoms with Gasteiger partial charge in [-0.2, -0.15) is 0 Å². The summed E-state index contributed by atoms with van der Waals surface area (Å²) in [4.78, 5) is 7.12. The number of anilines is 1. The van der Waals surface area contributed by atoms with Crippen molar-refractivity contribution in [3.8, 4) is 0 Å². The first-order valence-corrected chi connectivity index (χ1v) is 13.9. The van der Waals surface area contributed by atoms with Crippen LogP contribution in [-0.2, 0) is 9.47 Å². The van der Waals surface area contributed by atoms with Crippen LogP contribution >= 0.6 is 0 Å². The molecule has 5 rings (SSSR count). The number of fused-ring (bicyclic) bond motifs is 1. The van der Waals surface area contributed by atoms with E-state index in [-0.39, 0.29) is 12.1 Å². The molecule has 1 aliphatic heterocycles. The van der Waals surface area contributed by atoms with Gasteiger partial charge in [-0.1, -0.05) is 6.58 Å². The van der Waals surface area contributed by atoms with Gasteiger partial charge in [-0.25, -0.2) is 9.50 Å². The van der Waals surface area contributed by atoms with Crippen molar-refractivity contribution in [3.05, 3.63) is 35.8 Å². The molecule has 2 aliphatic carbocycles. The van der Waals surface area contributed by atoms with Gasteiger partial charge in [0.2, 0.25) is 5.95 Å². The molecule has 0 aromatic carbocycles. The van der Waals surface area contributed by atoms with Gasteiger partial charge in [0.05, 0.1) is 37.6 Å². The van der Waals surface area contributed by atoms with Crippen LogP contribution in [0.25, 0.3) is 5.52 Å². The summed E-state index contributed by atoms with van der Waals surface area (Å²) in [6, 6.07) is 2.54. The largest absolute Gasteiger partial charge is 0.393 e. The minimum atomic E-state index is -0.163. The van der Waals surface area contributed by atoms with Crippen LogP contribution in [0, 0.1) is 5.92 Å². The van der Waals surface area contributed by atoms with Gasteiger partial charge in [-0.05, 0) is 81.8 Å². The molecule has 1 atom stereocenters. The highest BCUT2D eigenvalue weighted by atomic mass is 16.5. The number of nitrogens with zero attached hydrogens (tertiary/aromatic N) is 4. The fourth-order valence-corrected chi connectivity index (χ4v) is 6.45. The standard InChI is InChI=1S/C28H43N5O3/c1-19(18-35-3)30-28-29-17-27-25(16-26(33(27)31-28)23-8-10-24(34)11-9-23)22-6-4-21(5-7-22)20(2)32-12-14-36-15-13-32/h16-17,19,21-24,34H,2,4-15,18H2,1,3H3,(H,30,31)/t19-,21?,22?,23?,24?/m0/s1. The minimum absolute atomic E-state index is 0.130. The van der Waals surface area contributed by atoms with Crippen molar-refractivity contribution < 1.29 is 14.6 Å². The van der Waals surface area contributed by atoms with Crippen molar-refractivity contribution in [2.45, 2.75) is 82.3 Å². The predicted octanol–water partition coefficient (Wildman–Crippen LogP) is 4.31. The van der Waals surface area contributed by atoms with E-state index in [1.165, 1.54) is 42.6 Å². The average Bonchev–Trinajstić information content (AvgIpc) is 3.28. The lowest BCUT2D eigenvalue weighted by Gasteiger charge is -2.37. The third kappa shape index (κ3) is 5.55. The van der Waals surface area contributed by atoms with Gasteiger partial charge in [0.25, 0.3) is 0 Å². The van der Waals surface area contributed by atoms with E-state index in [9.17, 15) is 5.11 Å². The van der Waals surface area contributed by atoms with Gasteiger partial charge in [-0.15, -0.1) is 5.10 Å². The van der Waals surface area contributed by atoms with Gasteiger partial charge in [0.15, 0.2) is 0 Å². The molecule has 36 heavy (non-hydrogen) atoms. The van der Waals surface area contributed by atoms with Crippen LogP contribution in [0.5, 0.6) is 0 Å². The lowest BCUT2D eigenvalue weighted by atomic mass is 9.77. The maximum Gasteiger partial charge on any atom is 0.241 e. The van der Waals surface area contributed by atoms with Crippen molar-refractivity contribution in [1.82, 2.24) is 19.5 Å². The topological polar surface area (TPSA) is 84.2 Å². The Bertz CT molecular complexity index is 1020. The first kappa shape index (κ1) is 25.5. The molecule has 0 bridgehead atoms. The SMILES string of the molecule is C=C(C1CCC(c2cc(C3CCC(O)CC3)n3nc(N[C@@H](C)COC)ncc23)CC1)N1CCOCC1. The molecule has 3 aliphatic rings. The molecule has 0 radical (unpaired) electrons. The van der Waals surface area contributed by atoms with Crippen molar-refractivity contribution in [2.75, 3.05) is 45.3 Å². The Hall–Kier alpha value is -2.16. The van der Waals surface area contributed by atoms with Gasteiger partial charge in [-0.3, -0.25) is 0 Å². The maximum absolute atomic E-state index is 10.1. The zero-order chi connectivity index (χ0) is 25.1. The summed E-state index contributed by atoms with van der Waals surface area (Å²) in [6.07, 6.45) is 10.3. The lowest BCUT2D eigenvalue weighted by Crippen LogP contribution is -2.38. The number of nitrogens with one attached hydrogen (secondary N) is 1. The molecular formula is C28H43N5O3. The first-order chi connectivity index (χ1) is 17.5. The van der Waals surface area contributed by atoms with Gasteiger partial charge in [0, 0.05) is 43.6 Å². The second kappa shape index (κ2) is 11.5. The van der Waals surface area contributed by atoms with Crippen LogP contribution in [0.4, 0.5) is 5.95 Å². The molecule has 2 aromatic rings. The summed E-state index contributed by atoms with van der Waals surface area (Å²) in [5.41, 5.74) is 5.11. The molecule has 1 saturated heterocycles. The highest BCUT2D eigenvalue weighted by Crippen LogP contribution is 2.43. The lowest BCUT2D eigenvalue weighted by molar-refractivity contribution is 0.0469. The average molecular weight is 498 g/mol. The smallest absolute Gasteiger partial charge is 0.241 e. The molecule has 198 valence electrons. The number of morpholine rings is 1. The molecule has 8 heteroatoms. The molecule has 0 spiro atoms. The first-order valence-electron chi connectivity index (χ1n) is 13.9. The second-order valence-corrected chi connectivity index (χ2v) is 11.0. The van der Waals surface area contributed by atoms with E-state index in [1.54, 1.807) is 7.11 Å². The number of rotatable bonds is 8. The van der Waals surface area contributed by atoms with Crippen molar-refractivity contribution in [1.29, 1.82) is 0 Å². The number of hydrogen-bond donors (Lipinski definition) is 2. The van der Waals surface area contributed by atoms with E-state index in [0.717, 1.165) is 57.5 Å². The zero-order valence-corrected chi connectivity index (χ0v) is 22.0. The van der Waals surface area contributed by atoms with Crippen LogP contribution in [-0.4, -0.2) is 76.8 Å². The van der Waals surface area contributed by atoms with Crippen molar-refractivity contribution in [2.24, 2.45) is 5.92 Å². The monoisotopic (exact) mass is 497 g/mol. The third-order valence-electron chi connectivity index (χ3n) is 8.54. The van der Waals surface area contributed by atoms with Gasteiger partial charge in [0.1, 0.15) is 0 Å². The Morgan fingerprint density at radius 3 is 2.53 bits per heavy atom. The number of hydrogen-bond acceptors (Lipinski definition) is 7. The fourth-order valence-electron chi connectivity index (χ4n) is 6.45. The second-order valence-electron chi connectivity index (χ2n) is 11.0. The van der Waals surface area contributed by atoms with Gasteiger partial charge >= 0.3 is 0 Å². The van der Waals surface area contributed by atoms with Crippen LogP contribution < -0.4 is 5.32 Å². The van der Waals surface area contributed by atoms with Crippen molar-refractivity contribution >= 4 is 11.5 Å². The minimum Gasteiger partial charge on any atom is -0.393 e. The van der Waals surface area contributed by atoms with E-state index in [4.69, 9.17) is 14.6 Å². The number of allylic oxidation sites excluding steroid dienone is 1. The molecular weight excluding hydrogens is 454 g/mol. The van der Waals surface area contributed by atoms with Gasteiger partial charge < -0.3 is 24.8 Å². The number of aliphatic hydroxyl groups is 1. The summed E-state index contributed by atoms with van der Waals surface area (Å²) in [7, 11) is 1.71. The Kier molecular flexibility index (Phi) is 8.13.